The van der Waals surface area contributed by atoms with Gasteiger partial charge in [0, 0.05) is 21.5 Å². The SMILES string of the molecule is CCCCCCc1ccc(-c2ccc3c(c2)c2cc4c(cc2n3-c2c(C)cc(CCCC)cc2C)c2cc(-c3ccc(CCCCCC)cc3)ccc2n4-c2c(C)cc(CCCC)cc2C)cc1. The fourth-order valence-electron chi connectivity index (χ4n) is 11.5. The molecule has 7 aromatic carbocycles. The second-order valence-corrected chi connectivity index (χ2v) is 20.4. The Bertz CT molecular complexity index is 2920. The molecule has 0 saturated carbocycles. The highest BCUT2D eigenvalue weighted by Crippen LogP contribution is 2.44. The Kier molecular flexibility index (Phi) is 14.7. The van der Waals surface area contributed by atoms with E-state index in [2.05, 4.69) is 186 Å². The van der Waals surface area contributed by atoms with Crippen LogP contribution in [0.5, 0.6) is 0 Å². The standard InChI is InChI=1S/C66H76N2/c1-9-13-17-19-23-49-25-29-53(30-26-49)55-33-35-61-57(41-55)59-43-64-60(44-63(59)67(61)65-45(5)37-51(21-15-11-3)38-46(65)6)58-42-56(54-31-27-50(28-32-54)24-20-18-14-10-2)34-36-62(58)68(64)66-47(7)39-52(22-16-12-4)40-48(66)8/h25-44H,9-24H2,1-8H3. The molecule has 0 amide bonds. The summed E-state index contributed by atoms with van der Waals surface area (Å²) >= 11 is 0. The predicted octanol–water partition coefficient (Wildman–Crippen LogP) is 19.4. The van der Waals surface area contributed by atoms with Gasteiger partial charge in [0.2, 0.25) is 0 Å². The van der Waals surface area contributed by atoms with E-state index in [4.69, 9.17) is 0 Å². The molecule has 0 bridgehead atoms. The highest BCUT2D eigenvalue weighted by atomic mass is 15.0. The number of nitrogens with zero attached hydrogens (tertiary/aromatic N) is 2. The lowest BCUT2D eigenvalue weighted by Crippen LogP contribution is -2.03. The summed E-state index contributed by atoms with van der Waals surface area (Å²) in [6, 6.07) is 48.2. The number of aryl methyl sites for hydroxylation is 8. The zero-order chi connectivity index (χ0) is 47.3. The topological polar surface area (TPSA) is 9.86 Å². The normalized spacial score (nSPS) is 11.9. The first kappa shape index (κ1) is 47.2. The number of unbranched alkanes of at least 4 members (excludes halogenated alkanes) is 8. The van der Waals surface area contributed by atoms with Gasteiger partial charge in [-0.2, -0.15) is 0 Å². The number of hydrogen-bond acceptors (Lipinski definition) is 0. The van der Waals surface area contributed by atoms with Gasteiger partial charge in [0.25, 0.3) is 0 Å². The molecule has 0 aliphatic carbocycles. The first-order chi connectivity index (χ1) is 33.2. The Morgan fingerprint density at radius 1 is 0.279 bits per heavy atom. The first-order valence-electron chi connectivity index (χ1n) is 26.7. The van der Waals surface area contributed by atoms with E-state index in [1.807, 2.05) is 0 Å². The van der Waals surface area contributed by atoms with E-state index in [0.29, 0.717) is 0 Å². The summed E-state index contributed by atoms with van der Waals surface area (Å²) < 4.78 is 5.21. The lowest BCUT2D eigenvalue weighted by atomic mass is 9.99. The summed E-state index contributed by atoms with van der Waals surface area (Å²) in [7, 11) is 0. The smallest absolute Gasteiger partial charge is 0.0549 e. The minimum atomic E-state index is 1.12. The van der Waals surface area contributed by atoms with Crippen molar-refractivity contribution in [2.45, 2.75) is 158 Å². The van der Waals surface area contributed by atoms with Gasteiger partial charge in [-0.25, -0.2) is 0 Å². The third kappa shape index (κ3) is 9.58. The lowest BCUT2D eigenvalue weighted by Gasteiger charge is -2.17. The molecule has 0 N–H and O–H groups in total. The van der Waals surface area contributed by atoms with E-state index < -0.39 is 0 Å². The number of hydrogen-bond donors (Lipinski definition) is 0. The summed E-state index contributed by atoms with van der Waals surface area (Å²) in [5, 5.41) is 5.19. The van der Waals surface area contributed by atoms with Gasteiger partial charge >= 0.3 is 0 Å². The predicted molar refractivity (Wildman–Crippen MR) is 298 cm³/mol. The Balaban J connectivity index is 1.28. The van der Waals surface area contributed by atoms with Crippen LogP contribution >= 0.6 is 0 Å². The molecule has 2 nitrogen and oxygen atoms in total. The second kappa shape index (κ2) is 21.2. The van der Waals surface area contributed by atoms with Crippen molar-refractivity contribution >= 4 is 43.6 Å². The largest absolute Gasteiger partial charge is 0.309 e. The molecule has 9 rings (SSSR count). The van der Waals surface area contributed by atoms with Crippen LogP contribution in [0.2, 0.25) is 0 Å². The molecular weight excluding hydrogens is 821 g/mol. The Hall–Kier alpha value is -5.86. The molecule has 0 unspecified atom stereocenters. The van der Waals surface area contributed by atoms with Crippen molar-refractivity contribution in [3.63, 3.8) is 0 Å². The Morgan fingerprint density at radius 2 is 0.603 bits per heavy atom. The third-order valence-electron chi connectivity index (χ3n) is 15.1. The summed E-state index contributed by atoms with van der Waals surface area (Å²) in [6.07, 6.45) is 19.7. The molecule has 0 fully saturated rings. The molecule has 0 spiro atoms. The van der Waals surface area contributed by atoms with Crippen molar-refractivity contribution in [3.05, 3.63) is 166 Å². The minimum absolute atomic E-state index is 1.12. The van der Waals surface area contributed by atoms with Crippen LogP contribution in [0.3, 0.4) is 0 Å². The molecule has 2 heteroatoms. The van der Waals surface area contributed by atoms with Crippen LogP contribution < -0.4 is 0 Å². The molecule has 0 radical (unpaired) electrons. The maximum Gasteiger partial charge on any atom is 0.0549 e. The van der Waals surface area contributed by atoms with Gasteiger partial charge in [-0.15, -0.1) is 0 Å². The maximum absolute atomic E-state index is 2.60. The number of rotatable bonds is 20. The van der Waals surface area contributed by atoms with Crippen molar-refractivity contribution in [2.24, 2.45) is 0 Å². The van der Waals surface area contributed by atoms with E-state index >= 15 is 0 Å². The second-order valence-electron chi connectivity index (χ2n) is 20.4. The molecule has 68 heavy (non-hydrogen) atoms. The molecule has 0 aliphatic rings. The minimum Gasteiger partial charge on any atom is -0.309 e. The van der Waals surface area contributed by atoms with Crippen molar-refractivity contribution < 1.29 is 0 Å². The fraction of sp³-hybridized carbons (Fsp3) is 0.364. The van der Waals surface area contributed by atoms with Crippen LogP contribution in [-0.2, 0) is 25.7 Å². The summed E-state index contributed by atoms with van der Waals surface area (Å²) in [6.45, 7) is 18.5. The highest BCUT2D eigenvalue weighted by molar-refractivity contribution is 6.20. The van der Waals surface area contributed by atoms with Crippen LogP contribution in [0.1, 0.15) is 149 Å². The Labute approximate surface area is 408 Å². The average Bonchev–Trinajstić information content (AvgIpc) is 3.82. The van der Waals surface area contributed by atoms with E-state index in [-0.39, 0.29) is 0 Å². The highest BCUT2D eigenvalue weighted by Gasteiger charge is 2.23. The third-order valence-corrected chi connectivity index (χ3v) is 15.1. The van der Waals surface area contributed by atoms with Crippen LogP contribution in [0.4, 0.5) is 0 Å². The quantitative estimate of drug-likeness (QED) is 0.0675. The van der Waals surface area contributed by atoms with Crippen LogP contribution in [-0.4, -0.2) is 9.13 Å². The monoisotopic (exact) mass is 897 g/mol. The number of benzene rings is 7. The lowest BCUT2D eigenvalue weighted by molar-refractivity contribution is 0.667. The van der Waals surface area contributed by atoms with Crippen molar-refractivity contribution in [3.8, 4) is 33.6 Å². The van der Waals surface area contributed by atoms with Gasteiger partial charge in [0.05, 0.1) is 33.4 Å². The van der Waals surface area contributed by atoms with Crippen LogP contribution in [0, 0.1) is 27.7 Å². The van der Waals surface area contributed by atoms with Gasteiger partial charge in [0.1, 0.15) is 0 Å². The summed E-state index contributed by atoms with van der Waals surface area (Å²) in [5.41, 5.74) is 23.8. The van der Waals surface area contributed by atoms with Gasteiger partial charge in [0.15, 0.2) is 0 Å². The van der Waals surface area contributed by atoms with Gasteiger partial charge in [-0.1, -0.05) is 164 Å². The van der Waals surface area contributed by atoms with Gasteiger partial charge in [-0.3, -0.25) is 0 Å². The molecule has 9 aromatic rings. The number of fused-ring (bicyclic) bond motifs is 6. The van der Waals surface area contributed by atoms with Crippen LogP contribution in [0.25, 0.3) is 77.2 Å². The zero-order valence-corrected chi connectivity index (χ0v) is 42.8. The van der Waals surface area contributed by atoms with Crippen molar-refractivity contribution in [2.75, 3.05) is 0 Å². The molecule has 2 heterocycles. The summed E-state index contributed by atoms with van der Waals surface area (Å²) in [5.74, 6) is 0. The Morgan fingerprint density at radius 3 is 0.956 bits per heavy atom. The molecule has 0 atom stereocenters. The molecular formula is C66H76N2. The van der Waals surface area contributed by atoms with Gasteiger partial charge < -0.3 is 9.13 Å². The van der Waals surface area contributed by atoms with E-state index in [1.54, 1.807) is 0 Å². The molecule has 2 aromatic heterocycles. The first-order valence-corrected chi connectivity index (χ1v) is 26.7. The summed E-state index contributed by atoms with van der Waals surface area (Å²) in [4.78, 5) is 0. The fourth-order valence-corrected chi connectivity index (χ4v) is 11.5. The average molecular weight is 897 g/mol. The maximum atomic E-state index is 2.60. The molecule has 350 valence electrons. The van der Waals surface area contributed by atoms with E-state index in [0.717, 1.165) is 25.7 Å². The molecule has 0 saturated heterocycles. The zero-order valence-electron chi connectivity index (χ0n) is 42.8. The molecule has 0 aliphatic heterocycles. The van der Waals surface area contributed by atoms with Gasteiger partial charge in [-0.05, 0) is 182 Å². The number of aromatic nitrogens is 2. The van der Waals surface area contributed by atoms with Crippen molar-refractivity contribution in [1.29, 1.82) is 0 Å². The van der Waals surface area contributed by atoms with E-state index in [9.17, 15) is 0 Å². The van der Waals surface area contributed by atoms with Crippen LogP contribution in [0.15, 0.2) is 121 Å². The van der Waals surface area contributed by atoms with E-state index in [1.165, 1.54) is 199 Å². The van der Waals surface area contributed by atoms with Crippen molar-refractivity contribution in [1.82, 2.24) is 9.13 Å².